The van der Waals surface area contributed by atoms with Gasteiger partial charge in [0.2, 0.25) is 15.9 Å². The molecule has 0 radical (unpaired) electrons. The number of sulfonamides is 1. The van der Waals surface area contributed by atoms with Crippen molar-refractivity contribution in [3.8, 4) is 5.69 Å². The van der Waals surface area contributed by atoms with Crippen molar-refractivity contribution in [1.82, 2.24) is 24.5 Å². The molecule has 4 rings (SSSR count). The van der Waals surface area contributed by atoms with E-state index in [4.69, 9.17) is 0 Å². The standard InChI is InChI=1S/C22H25FN6O3S/c1-13-10-14(2)21(15(3)11-13)33(31,32)28-9-5-6-19(28)22(30)24-17-7-8-18(23)20(12-17)29-16(4)25-26-27-29/h7-8,10-12,19H,5-6,9H2,1-4H3,(H,24,30). The fraction of sp³-hybridized carbons (Fsp3) is 0.364. The molecule has 1 atom stereocenters. The van der Waals surface area contributed by atoms with Gasteiger partial charge in [0.05, 0.1) is 4.90 Å². The second kappa shape index (κ2) is 8.64. The topological polar surface area (TPSA) is 110 Å². The van der Waals surface area contributed by atoms with Crippen LogP contribution in [0.25, 0.3) is 5.69 Å². The Labute approximate surface area is 191 Å². The van der Waals surface area contributed by atoms with Gasteiger partial charge < -0.3 is 5.32 Å². The van der Waals surface area contributed by atoms with Crippen LogP contribution in [0.2, 0.25) is 0 Å². The van der Waals surface area contributed by atoms with E-state index in [1.54, 1.807) is 20.8 Å². The normalized spacial score (nSPS) is 16.8. The molecule has 1 saturated heterocycles. The SMILES string of the molecule is Cc1cc(C)c(S(=O)(=O)N2CCCC2C(=O)Nc2ccc(F)c(-n3nnnc3C)c2)c(C)c1. The molecule has 174 valence electrons. The zero-order valence-electron chi connectivity index (χ0n) is 18.8. The maximum atomic E-state index is 14.3. The number of halogens is 1. The number of benzene rings is 2. The molecule has 0 aliphatic carbocycles. The van der Waals surface area contributed by atoms with Crippen molar-refractivity contribution >= 4 is 21.6 Å². The second-order valence-corrected chi connectivity index (χ2v) is 10.1. The number of aryl methyl sites for hydroxylation is 4. The molecule has 0 bridgehead atoms. The van der Waals surface area contributed by atoms with E-state index >= 15 is 0 Å². The lowest BCUT2D eigenvalue weighted by Gasteiger charge is -2.25. The molecule has 9 nitrogen and oxygen atoms in total. The summed E-state index contributed by atoms with van der Waals surface area (Å²) in [5, 5.41) is 13.8. The van der Waals surface area contributed by atoms with E-state index < -0.39 is 27.8 Å². The third kappa shape index (κ3) is 4.25. The van der Waals surface area contributed by atoms with Crippen LogP contribution in [-0.2, 0) is 14.8 Å². The summed E-state index contributed by atoms with van der Waals surface area (Å²) in [4.78, 5) is 13.4. The van der Waals surface area contributed by atoms with Gasteiger partial charge in [-0.25, -0.2) is 12.8 Å². The predicted molar refractivity (Wildman–Crippen MR) is 120 cm³/mol. The molecule has 2 aromatic carbocycles. The number of carbonyl (C=O) groups is 1. The third-order valence-corrected chi connectivity index (χ3v) is 7.96. The van der Waals surface area contributed by atoms with E-state index in [2.05, 4.69) is 20.8 Å². The quantitative estimate of drug-likeness (QED) is 0.612. The van der Waals surface area contributed by atoms with Crippen molar-refractivity contribution in [2.24, 2.45) is 0 Å². The minimum absolute atomic E-state index is 0.0807. The number of nitrogens with zero attached hydrogens (tertiary/aromatic N) is 5. The summed E-state index contributed by atoms with van der Waals surface area (Å²) in [6, 6.07) is 6.82. The van der Waals surface area contributed by atoms with Crippen LogP contribution in [-0.4, -0.2) is 51.4 Å². The smallest absolute Gasteiger partial charge is 0.244 e. The van der Waals surface area contributed by atoms with Gasteiger partial charge in [0, 0.05) is 12.2 Å². The Kier molecular flexibility index (Phi) is 6.02. The maximum absolute atomic E-state index is 14.3. The van der Waals surface area contributed by atoms with Crippen LogP contribution < -0.4 is 5.32 Å². The Morgan fingerprint density at radius 3 is 2.45 bits per heavy atom. The number of nitrogens with one attached hydrogen (secondary N) is 1. The van der Waals surface area contributed by atoms with E-state index in [9.17, 15) is 17.6 Å². The van der Waals surface area contributed by atoms with Crippen LogP contribution in [0.3, 0.4) is 0 Å². The molecule has 1 aromatic heterocycles. The molecule has 2 heterocycles. The molecule has 1 aliphatic rings. The molecule has 1 aliphatic heterocycles. The first-order chi connectivity index (χ1) is 15.6. The lowest BCUT2D eigenvalue weighted by molar-refractivity contribution is -0.119. The first-order valence-corrected chi connectivity index (χ1v) is 12.0. The third-order valence-electron chi connectivity index (χ3n) is 5.74. The zero-order chi connectivity index (χ0) is 23.9. The molecule has 1 fully saturated rings. The van der Waals surface area contributed by atoms with Gasteiger partial charge in [0.15, 0.2) is 5.82 Å². The molecular weight excluding hydrogens is 447 g/mol. The fourth-order valence-corrected chi connectivity index (χ4v) is 6.49. The van der Waals surface area contributed by atoms with Crippen molar-refractivity contribution in [1.29, 1.82) is 0 Å². The minimum atomic E-state index is -3.88. The Bertz CT molecular complexity index is 1310. The largest absolute Gasteiger partial charge is 0.325 e. The molecule has 1 unspecified atom stereocenters. The number of amides is 1. The molecule has 33 heavy (non-hydrogen) atoms. The summed E-state index contributed by atoms with van der Waals surface area (Å²) in [5.41, 5.74) is 2.68. The van der Waals surface area contributed by atoms with E-state index in [-0.39, 0.29) is 17.1 Å². The number of carbonyl (C=O) groups excluding carboxylic acids is 1. The summed E-state index contributed by atoms with van der Waals surface area (Å²) in [7, 11) is -3.88. The van der Waals surface area contributed by atoms with E-state index in [0.717, 1.165) is 5.56 Å². The predicted octanol–water partition coefficient (Wildman–Crippen LogP) is 2.83. The lowest BCUT2D eigenvalue weighted by atomic mass is 10.1. The maximum Gasteiger partial charge on any atom is 0.244 e. The second-order valence-electron chi connectivity index (χ2n) is 8.29. The highest BCUT2D eigenvalue weighted by atomic mass is 32.2. The van der Waals surface area contributed by atoms with Crippen molar-refractivity contribution in [2.45, 2.75) is 51.5 Å². The number of hydrogen-bond donors (Lipinski definition) is 1. The Balaban J connectivity index is 1.61. The van der Waals surface area contributed by atoms with Gasteiger partial charge in [0.25, 0.3) is 0 Å². The molecule has 0 spiro atoms. The van der Waals surface area contributed by atoms with E-state index in [0.29, 0.717) is 35.5 Å². The van der Waals surface area contributed by atoms with E-state index in [1.807, 2.05) is 19.1 Å². The molecule has 0 saturated carbocycles. The van der Waals surface area contributed by atoms with Crippen molar-refractivity contribution in [2.75, 3.05) is 11.9 Å². The molecular formula is C22H25FN6O3S. The molecule has 11 heteroatoms. The number of rotatable bonds is 5. The summed E-state index contributed by atoms with van der Waals surface area (Å²) in [5.74, 6) is -0.641. The van der Waals surface area contributed by atoms with Crippen LogP contribution in [0.5, 0.6) is 0 Å². The van der Waals surface area contributed by atoms with Crippen LogP contribution in [0.15, 0.2) is 35.2 Å². The van der Waals surface area contributed by atoms with Gasteiger partial charge in [-0.15, -0.1) is 5.10 Å². The summed E-state index contributed by atoms with van der Waals surface area (Å²) >= 11 is 0. The van der Waals surface area contributed by atoms with Crippen molar-refractivity contribution in [3.63, 3.8) is 0 Å². The van der Waals surface area contributed by atoms with Gasteiger partial charge >= 0.3 is 0 Å². The Morgan fingerprint density at radius 2 is 1.82 bits per heavy atom. The Morgan fingerprint density at radius 1 is 1.12 bits per heavy atom. The van der Waals surface area contributed by atoms with Crippen molar-refractivity contribution in [3.05, 3.63) is 58.7 Å². The van der Waals surface area contributed by atoms with Crippen molar-refractivity contribution < 1.29 is 17.6 Å². The monoisotopic (exact) mass is 472 g/mol. The number of hydrogen-bond acceptors (Lipinski definition) is 6. The van der Waals surface area contributed by atoms with Crippen LogP contribution in [0.1, 0.15) is 35.4 Å². The summed E-state index contributed by atoms with van der Waals surface area (Å²) in [6.07, 6.45) is 0.967. The van der Waals surface area contributed by atoms with Crippen LogP contribution in [0.4, 0.5) is 10.1 Å². The van der Waals surface area contributed by atoms with Gasteiger partial charge in [-0.2, -0.15) is 8.99 Å². The van der Waals surface area contributed by atoms with Gasteiger partial charge in [-0.3, -0.25) is 4.79 Å². The van der Waals surface area contributed by atoms with Gasteiger partial charge in [-0.05, 0) is 80.3 Å². The highest BCUT2D eigenvalue weighted by Crippen LogP contribution is 2.31. The van der Waals surface area contributed by atoms with E-state index in [1.165, 1.54) is 27.2 Å². The summed E-state index contributed by atoms with van der Waals surface area (Å²) < 4.78 is 43.9. The van der Waals surface area contributed by atoms with Crippen LogP contribution in [0, 0.1) is 33.5 Å². The number of aromatic nitrogens is 4. The van der Waals surface area contributed by atoms with Crippen LogP contribution >= 0.6 is 0 Å². The zero-order valence-corrected chi connectivity index (χ0v) is 19.6. The van der Waals surface area contributed by atoms with Gasteiger partial charge in [0.1, 0.15) is 17.5 Å². The first-order valence-electron chi connectivity index (χ1n) is 10.5. The number of anilines is 1. The molecule has 3 aromatic rings. The summed E-state index contributed by atoms with van der Waals surface area (Å²) in [6.45, 7) is 7.32. The lowest BCUT2D eigenvalue weighted by Crippen LogP contribution is -2.43. The van der Waals surface area contributed by atoms with Gasteiger partial charge in [-0.1, -0.05) is 17.7 Å². The molecule has 1 amide bonds. The molecule has 1 N–H and O–H groups in total. The Hall–Kier alpha value is -3.18. The highest BCUT2D eigenvalue weighted by molar-refractivity contribution is 7.89. The fourth-order valence-electron chi connectivity index (χ4n) is 4.41. The highest BCUT2D eigenvalue weighted by Gasteiger charge is 2.40. The average Bonchev–Trinajstić information content (AvgIpc) is 3.38. The number of tetrazole rings is 1. The minimum Gasteiger partial charge on any atom is -0.325 e. The first kappa shape index (κ1) is 23.0. The average molecular weight is 473 g/mol.